The second-order valence-electron chi connectivity index (χ2n) is 7.89. The molecule has 1 amide bonds. The fourth-order valence-corrected chi connectivity index (χ4v) is 4.12. The summed E-state index contributed by atoms with van der Waals surface area (Å²) >= 11 is 0. The molecule has 7 nitrogen and oxygen atoms in total. The molecule has 3 heterocycles. The molecule has 150 valence electrons. The van der Waals surface area contributed by atoms with Crippen molar-refractivity contribution >= 4 is 17.7 Å². The van der Waals surface area contributed by atoms with E-state index in [-0.39, 0.29) is 5.91 Å². The van der Waals surface area contributed by atoms with Crippen LogP contribution in [0.2, 0.25) is 0 Å². The quantitative estimate of drug-likeness (QED) is 0.861. The maximum Gasteiger partial charge on any atom is 0.242 e. The maximum atomic E-state index is 12.5. The van der Waals surface area contributed by atoms with E-state index in [0.29, 0.717) is 12.6 Å². The number of nitrogens with zero attached hydrogens (tertiary/aromatic N) is 5. The molecule has 4 rings (SSSR count). The minimum atomic E-state index is 0.175. The lowest BCUT2D eigenvalue weighted by molar-refractivity contribution is -0.132. The Kier molecular flexibility index (Phi) is 5.78. The predicted octanol–water partition coefficient (Wildman–Crippen LogP) is 2.68. The van der Waals surface area contributed by atoms with Gasteiger partial charge >= 0.3 is 0 Å². The summed E-state index contributed by atoms with van der Waals surface area (Å²) in [6.45, 7) is 5.50. The Balaban J connectivity index is 1.35. The van der Waals surface area contributed by atoms with Gasteiger partial charge in [-0.05, 0) is 31.9 Å². The molecule has 1 N–H and O–H groups in total. The lowest BCUT2D eigenvalue weighted by Crippen LogP contribution is -2.49. The SMILES string of the molecule is Cc1cc(N2CCN(C(=O)Cn3cccc3)CC2)nc(NC2CCCCC2)n1. The van der Waals surface area contributed by atoms with Crippen LogP contribution in [0.15, 0.2) is 30.6 Å². The molecule has 28 heavy (non-hydrogen) atoms. The van der Waals surface area contributed by atoms with Gasteiger partial charge in [0.2, 0.25) is 11.9 Å². The topological polar surface area (TPSA) is 66.3 Å². The van der Waals surface area contributed by atoms with Crippen LogP contribution in [0.4, 0.5) is 11.8 Å². The number of carbonyl (C=O) groups is 1. The van der Waals surface area contributed by atoms with E-state index >= 15 is 0 Å². The van der Waals surface area contributed by atoms with Crippen LogP contribution in [0.3, 0.4) is 0 Å². The summed E-state index contributed by atoms with van der Waals surface area (Å²) in [5.41, 5.74) is 0.981. The molecule has 2 aromatic heterocycles. The third-order valence-electron chi connectivity index (χ3n) is 5.72. The summed E-state index contributed by atoms with van der Waals surface area (Å²) in [7, 11) is 0. The van der Waals surface area contributed by atoms with Crippen molar-refractivity contribution in [2.24, 2.45) is 0 Å². The first-order valence-corrected chi connectivity index (χ1v) is 10.4. The van der Waals surface area contributed by atoms with E-state index in [1.54, 1.807) is 0 Å². The van der Waals surface area contributed by atoms with Crippen molar-refractivity contribution in [2.75, 3.05) is 36.4 Å². The Hall–Kier alpha value is -2.57. The number of piperazine rings is 1. The van der Waals surface area contributed by atoms with Gasteiger partial charge in [0.25, 0.3) is 0 Å². The normalized spacial score (nSPS) is 18.3. The Labute approximate surface area is 166 Å². The minimum Gasteiger partial charge on any atom is -0.353 e. The summed E-state index contributed by atoms with van der Waals surface area (Å²) in [6.07, 6.45) is 10.2. The van der Waals surface area contributed by atoms with Crippen molar-refractivity contribution in [1.82, 2.24) is 19.4 Å². The fourth-order valence-electron chi connectivity index (χ4n) is 4.12. The van der Waals surface area contributed by atoms with Crippen molar-refractivity contribution in [3.8, 4) is 0 Å². The molecule has 2 aromatic rings. The molecular weight excluding hydrogens is 352 g/mol. The Morgan fingerprint density at radius 1 is 1.07 bits per heavy atom. The smallest absolute Gasteiger partial charge is 0.242 e. The highest BCUT2D eigenvalue weighted by atomic mass is 16.2. The van der Waals surface area contributed by atoms with Gasteiger partial charge in [-0.3, -0.25) is 4.79 Å². The first-order valence-electron chi connectivity index (χ1n) is 10.4. The minimum absolute atomic E-state index is 0.175. The number of aryl methyl sites for hydroxylation is 1. The van der Waals surface area contributed by atoms with Crippen LogP contribution in [-0.2, 0) is 11.3 Å². The van der Waals surface area contributed by atoms with Crippen LogP contribution < -0.4 is 10.2 Å². The van der Waals surface area contributed by atoms with Crippen LogP contribution in [0, 0.1) is 6.92 Å². The lowest BCUT2D eigenvalue weighted by Gasteiger charge is -2.35. The zero-order chi connectivity index (χ0) is 19.3. The van der Waals surface area contributed by atoms with Gasteiger partial charge in [0, 0.05) is 56.4 Å². The molecule has 1 saturated heterocycles. The number of hydrogen-bond acceptors (Lipinski definition) is 5. The fraction of sp³-hybridized carbons (Fsp3) is 0.571. The highest BCUT2D eigenvalue weighted by Crippen LogP contribution is 2.22. The molecular formula is C21H30N6O. The Morgan fingerprint density at radius 2 is 1.79 bits per heavy atom. The van der Waals surface area contributed by atoms with Crippen LogP contribution in [0.5, 0.6) is 0 Å². The van der Waals surface area contributed by atoms with E-state index in [1.807, 2.05) is 47.0 Å². The standard InChI is InChI=1S/C21H30N6O/c1-17-15-19(24-21(22-17)23-18-7-3-2-4-8-18)26-11-13-27(14-12-26)20(28)16-25-9-5-6-10-25/h5-6,9-10,15,18H,2-4,7-8,11-14,16H2,1H3,(H,22,23,24). The second kappa shape index (κ2) is 8.63. The molecule has 1 saturated carbocycles. The third-order valence-corrected chi connectivity index (χ3v) is 5.72. The monoisotopic (exact) mass is 382 g/mol. The molecule has 0 unspecified atom stereocenters. The Bertz CT molecular complexity index is 776. The van der Waals surface area contributed by atoms with Crippen molar-refractivity contribution in [1.29, 1.82) is 0 Å². The summed E-state index contributed by atoms with van der Waals surface area (Å²) in [4.78, 5) is 26.1. The van der Waals surface area contributed by atoms with E-state index in [0.717, 1.165) is 43.6 Å². The largest absolute Gasteiger partial charge is 0.353 e. The average molecular weight is 383 g/mol. The highest BCUT2D eigenvalue weighted by Gasteiger charge is 2.23. The first kappa shape index (κ1) is 18.8. The number of anilines is 2. The number of carbonyl (C=O) groups excluding carboxylic acids is 1. The average Bonchev–Trinajstić information content (AvgIpc) is 3.21. The number of rotatable bonds is 5. The molecule has 1 aliphatic heterocycles. The van der Waals surface area contributed by atoms with Gasteiger partial charge in [0.05, 0.1) is 0 Å². The van der Waals surface area contributed by atoms with Crippen molar-refractivity contribution in [3.05, 3.63) is 36.3 Å². The van der Waals surface area contributed by atoms with Crippen molar-refractivity contribution < 1.29 is 4.79 Å². The first-order chi connectivity index (χ1) is 13.7. The molecule has 7 heteroatoms. The van der Waals surface area contributed by atoms with Gasteiger partial charge in [-0.2, -0.15) is 4.98 Å². The molecule has 0 radical (unpaired) electrons. The summed E-state index contributed by atoms with van der Waals surface area (Å²) in [5.74, 6) is 1.88. The molecule has 0 atom stereocenters. The summed E-state index contributed by atoms with van der Waals surface area (Å²) < 4.78 is 1.92. The lowest BCUT2D eigenvalue weighted by atomic mass is 9.96. The van der Waals surface area contributed by atoms with Gasteiger partial charge in [0.1, 0.15) is 12.4 Å². The zero-order valence-corrected chi connectivity index (χ0v) is 16.7. The van der Waals surface area contributed by atoms with E-state index < -0.39 is 0 Å². The van der Waals surface area contributed by atoms with E-state index in [4.69, 9.17) is 4.98 Å². The van der Waals surface area contributed by atoms with Crippen LogP contribution in [0.25, 0.3) is 0 Å². The van der Waals surface area contributed by atoms with Gasteiger partial charge < -0.3 is 19.7 Å². The molecule has 2 fully saturated rings. The van der Waals surface area contributed by atoms with Crippen molar-refractivity contribution in [2.45, 2.75) is 51.6 Å². The second-order valence-corrected chi connectivity index (χ2v) is 7.89. The van der Waals surface area contributed by atoms with Gasteiger partial charge in [-0.25, -0.2) is 4.98 Å². The zero-order valence-electron chi connectivity index (χ0n) is 16.7. The van der Waals surface area contributed by atoms with Gasteiger partial charge in [0.15, 0.2) is 0 Å². The molecule has 0 spiro atoms. The van der Waals surface area contributed by atoms with E-state index in [1.165, 1.54) is 32.1 Å². The number of amides is 1. The molecule has 2 aliphatic rings. The van der Waals surface area contributed by atoms with Gasteiger partial charge in [-0.15, -0.1) is 0 Å². The third kappa shape index (κ3) is 4.64. The predicted molar refractivity (Wildman–Crippen MR) is 110 cm³/mol. The maximum absolute atomic E-state index is 12.5. The number of hydrogen-bond donors (Lipinski definition) is 1. The van der Waals surface area contributed by atoms with Gasteiger partial charge in [-0.1, -0.05) is 19.3 Å². The van der Waals surface area contributed by atoms with E-state index in [2.05, 4.69) is 15.2 Å². The molecule has 0 bridgehead atoms. The molecule has 0 aromatic carbocycles. The highest BCUT2D eigenvalue weighted by molar-refractivity contribution is 5.76. The van der Waals surface area contributed by atoms with Crippen LogP contribution in [0.1, 0.15) is 37.8 Å². The van der Waals surface area contributed by atoms with Crippen molar-refractivity contribution in [3.63, 3.8) is 0 Å². The Morgan fingerprint density at radius 3 is 2.50 bits per heavy atom. The number of aromatic nitrogens is 3. The van der Waals surface area contributed by atoms with Crippen LogP contribution in [-0.4, -0.2) is 57.6 Å². The van der Waals surface area contributed by atoms with E-state index in [9.17, 15) is 4.79 Å². The summed E-state index contributed by atoms with van der Waals surface area (Å²) in [5, 5.41) is 3.54. The molecule has 1 aliphatic carbocycles. The van der Waals surface area contributed by atoms with Crippen LogP contribution >= 0.6 is 0 Å². The summed E-state index contributed by atoms with van der Waals surface area (Å²) in [6, 6.07) is 6.43. The number of nitrogens with one attached hydrogen (secondary N) is 1.